The third-order valence-electron chi connectivity index (χ3n) is 4.91. The number of aryl methyl sites for hydroxylation is 1. The lowest BCUT2D eigenvalue weighted by Gasteiger charge is -2.31. The Hall–Kier alpha value is -2.53. The summed E-state index contributed by atoms with van der Waals surface area (Å²) in [4.78, 5) is 27.6. The van der Waals surface area contributed by atoms with E-state index >= 15 is 0 Å². The summed E-state index contributed by atoms with van der Waals surface area (Å²) in [7, 11) is 0. The molecular weight excluding hydrogens is 412 g/mol. The second-order valence-electron chi connectivity index (χ2n) is 8.00. The number of nitrogens with zero attached hydrogens (tertiary/aromatic N) is 1. The van der Waals surface area contributed by atoms with Gasteiger partial charge in [0, 0.05) is 24.0 Å². The van der Waals surface area contributed by atoms with E-state index in [0.29, 0.717) is 37.4 Å². The highest BCUT2D eigenvalue weighted by Crippen LogP contribution is 2.17. The van der Waals surface area contributed by atoms with Crippen LogP contribution in [0.1, 0.15) is 51.2 Å². The first-order valence-electron chi connectivity index (χ1n) is 10.8. The van der Waals surface area contributed by atoms with E-state index < -0.39 is 6.04 Å². The third-order valence-corrected chi connectivity index (χ3v) is 5.16. The van der Waals surface area contributed by atoms with E-state index in [9.17, 15) is 9.59 Å². The molecule has 0 aromatic heterocycles. The summed E-state index contributed by atoms with van der Waals surface area (Å²) in [6, 6.07) is 14.7. The molecule has 0 aliphatic heterocycles. The van der Waals surface area contributed by atoms with Gasteiger partial charge >= 0.3 is 0 Å². The molecule has 5 nitrogen and oxygen atoms in total. The highest BCUT2D eigenvalue weighted by Gasteiger charge is 2.28. The lowest BCUT2D eigenvalue weighted by molar-refractivity contribution is -0.141. The van der Waals surface area contributed by atoms with E-state index in [0.717, 1.165) is 11.3 Å². The second-order valence-corrected chi connectivity index (χ2v) is 8.44. The van der Waals surface area contributed by atoms with E-state index in [1.54, 1.807) is 17.0 Å². The van der Waals surface area contributed by atoms with Crippen LogP contribution >= 0.6 is 11.6 Å². The van der Waals surface area contributed by atoms with Crippen molar-refractivity contribution in [1.29, 1.82) is 0 Å². The van der Waals surface area contributed by atoms with Crippen molar-refractivity contribution in [3.05, 3.63) is 64.7 Å². The third kappa shape index (κ3) is 8.25. The predicted molar refractivity (Wildman–Crippen MR) is 125 cm³/mol. The number of ether oxygens (including phenoxy) is 1. The molecule has 6 heteroatoms. The van der Waals surface area contributed by atoms with Crippen LogP contribution in [-0.4, -0.2) is 35.4 Å². The normalized spacial score (nSPS) is 11.8. The lowest BCUT2D eigenvalue weighted by Crippen LogP contribution is -2.50. The van der Waals surface area contributed by atoms with E-state index in [-0.39, 0.29) is 17.9 Å². The van der Waals surface area contributed by atoms with Crippen LogP contribution in [0.5, 0.6) is 5.75 Å². The van der Waals surface area contributed by atoms with Crippen molar-refractivity contribution in [2.24, 2.45) is 0 Å². The summed E-state index contributed by atoms with van der Waals surface area (Å²) in [6.45, 7) is 8.58. The van der Waals surface area contributed by atoms with E-state index in [4.69, 9.17) is 16.3 Å². The fraction of sp³-hybridized carbons (Fsp3) is 0.440. The van der Waals surface area contributed by atoms with Crippen LogP contribution in [0.25, 0.3) is 0 Å². The molecule has 0 aliphatic carbocycles. The SMILES string of the molecule is CC[C@H](C(=O)NC(C)C)N(Cc1ccc(Cl)cc1)C(=O)CCCOc1ccc(C)cc1. The summed E-state index contributed by atoms with van der Waals surface area (Å²) in [5, 5.41) is 3.58. The predicted octanol–water partition coefficient (Wildman–Crippen LogP) is 5.14. The number of halogens is 1. The minimum Gasteiger partial charge on any atom is -0.494 e. The van der Waals surface area contributed by atoms with Gasteiger partial charge in [-0.1, -0.05) is 48.4 Å². The zero-order chi connectivity index (χ0) is 22.8. The van der Waals surface area contributed by atoms with Crippen molar-refractivity contribution in [2.75, 3.05) is 6.61 Å². The van der Waals surface area contributed by atoms with Crippen molar-refractivity contribution in [3.63, 3.8) is 0 Å². The summed E-state index contributed by atoms with van der Waals surface area (Å²) in [5.41, 5.74) is 2.11. The maximum Gasteiger partial charge on any atom is 0.243 e. The van der Waals surface area contributed by atoms with E-state index in [1.807, 2.05) is 64.1 Å². The molecule has 0 saturated carbocycles. The van der Waals surface area contributed by atoms with Gasteiger partial charge in [0.15, 0.2) is 0 Å². The summed E-state index contributed by atoms with van der Waals surface area (Å²) in [5.74, 6) is 0.600. The first-order chi connectivity index (χ1) is 14.8. The Morgan fingerprint density at radius 1 is 1.06 bits per heavy atom. The first-order valence-corrected chi connectivity index (χ1v) is 11.2. The van der Waals surface area contributed by atoms with Crippen LogP contribution < -0.4 is 10.1 Å². The van der Waals surface area contributed by atoms with Crippen LogP contribution in [-0.2, 0) is 16.1 Å². The molecule has 0 fully saturated rings. The largest absolute Gasteiger partial charge is 0.494 e. The highest BCUT2D eigenvalue weighted by molar-refractivity contribution is 6.30. The average molecular weight is 445 g/mol. The summed E-state index contributed by atoms with van der Waals surface area (Å²) < 4.78 is 5.74. The van der Waals surface area contributed by atoms with Gasteiger partial charge in [0.1, 0.15) is 11.8 Å². The Morgan fingerprint density at radius 3 is 2.29 bits per heavy atom. The van der Waals surface area contributed by atoms with Gasteiger partial charge in [0.05, 0.1) is 6.61 Å². The molecule has 0 radical (unpaired) electrons. The van der Waals surface area contributed by atoms with Gasteiger partial charge in [0.25, 0.3) is 0 Å². The molecular formula is C25H33ClN2O3. The van der Waals surface area contributed by atoms with Crippen LogP contribution in [0.4, 0.5) is 0 Å². The van der Waals surface area contributed by atoms with Gasteiger partial charge in [-0.3, -0.25) is 9.59 Å². The molecule has 0 unspecified atom stereocenters. The Kier molecular flexibility index (Phi) is 9.86. The topological polar surface area (TPSA) is 58.6 Å². The van der Waals surface area contributed by atoms with Crippen molar-refractivity contribution in [1.82, 2.24) is 10.2 Å². The quantitative estimate of drug-likeness (QED) is 0.488. The maximum atomic E-state index is 13.1. The standard InChI is InChI=1S/C25H33ClN2O3/c1-5-23(25(30)27-18(2)3)28(17-20-10-12-21(26)13-11-20)24(29)7-6-16-31-22-14-8-19(4)9-15-22/h8-15,18,23H,5-7,16-17H2,1-4H3,(H,27,30)/t23-/m1/s1. The number of amides is 2. The summed E-state index contributed by atoms with van der Waals surface area (Å²) >= 11 is 5.99. The van der Waals surface area contributed by atoms with Gasteiger partial charge in [-0.2, -0.15) is 0 Å². The zero-order valence-corrected chi connectivity index (χ0v) is 19.6. The van der Waals surface area contributed by atoms with Crippen LogP contribution in [0.2, 0.25) is 5.02 Å². The Labute approximate surface area is 190 Å². The molecule has 0 heterocycles. The Morgan fingerprint density at radius 2 is 1.71 bits per heavy atom. The second kappa shape index (κ2) is 12.4. The Bertz CT molecular complexity index is 835. The molecule has 0 aliphatic rings. The fourth-order valence-electron chi connectivity index (χ4n) is 3.28. The number of nitrogens with one attached hydrogen (secondary N) is 1. The van der Waals surface area contributed by atoms with Gasteiger partial charge < -0.3 is 15.0 Å². The lowest BCUT2D eigenvalue weighted by atomic mass is 10.1. The molecule has 2 amide bonds. The number of benzene rings is 2. The maximum absolute atomic E-state index is 13.1. The molecule has 2 aromatic carbocycles. The van der Waals surface area contributed by atoms with Gasteiger partial charge in [-0.25, -0.2) is 0 Å². The monoisotopic (exact) mass is 444 g/mol. The van der Waals surface area contributed by atoms with Gasteiger partial charge in [-0.05, 0) is 63.4 Å². The molecule has 0 spiro atoms. The molecule has 2 rings (SSSR count). The number of carbonyl (C=O) groups excluding carboxylic acids is 2. The molecule has 1 N–H and O–H groups in total. The van der Waals surface area contributed by atoms with E-state index in [1.165, 1.54) is 5.56 Å². The first kappa shape index (κ1) is 24.7. The van der Waals surface area contributed by atoms with E-state index in [2.05, 4.69) is 5.32 Å². The molecule has 0 saturated heterocycles. The average Bonchev–Trinajstić information content (AvgIpc) is 2.73. The van der Waals surface area contributed by atoms with Crippen molar-refractivity contribution < 1.29 is 14.3 Å². The smallest absolute Gasteiger partial charge is 0.243 e. The number of rotatable bonds is 11. The minimum atomic E-state index is -0.524. The molecule has 1 atom stereocenters. The van der Waals surface area contributed by atoms with Crippen molar-refractivity contribution in [3.8, 4) is 5.75 Å². The van der Waals surface area contributed by atoms with Crippen LogP contribution in [0.15, 0.2) is 48.5 Å². The fourth-order valence-corrected chi connectivity index (χ4v) is 3.40. The van der Waals surface area contributed by atoms with Gasteiger partial charge in [0.2, 0.25) is 11.8 Å². The van der Waals surface area contributed by atoms with Crippen molar-refractivity contribution >= 4 is 23.4 Å². The van der Waals surface area contributed by atoms with Gasteiger partial charge in [-0.15, -0.1) is 0 Å². The molecule has 31 heavy (non-hydrogen) atoms. The Balaban J connectivity index is 2.04. The molecule has 2 aromatic rings. The van der Waals surface area contributed by atoms with Crippen molar-refractivity contribution in [2.45, 2.75) is 65.6 Å². The zero-order valence-electron chi connectivity index (χ0n) is 18.9. The molecule has 0 bridgehead atoms. The van der Waals surface area contributed by atoms with Crippen LogP contribution in [0, 0.1) is 6.92 Å². The minimum absolute atomic E-state index is 0.0111. The number of hydrogen-bond acceptors (Lipinski definition) is 3. The number of carbonyl (C=O) groups is 2. The number of hydrogen-bond donors (Lipinski definition) is 1. The molecule has 168 valence electrons. The van der Waals surface area contributed by atoms with Crippen LogP contribution in [0.3, 0.4) is 0 Å². The summed E-state index contributed by atoms with van der Waals surface area (Å²) in [6.07, 6.45) is 1.43. The highest BCUT2D eigenvalue weighted by atomic mass is 35.5.